The Morgan fingerprint density at radius 2 is 1.19 bits per heavy atom. The number of rotatable bonds is 9. The van der Waals surface area contributed by atoms with E-state index in [4.69, 9.17) is 0 Å². The maximum absolute atomic E-state index is 9.47. The van der Waals surface area contributed by atoms with Crippen LogP contribution in [0, 0.1) is 0 Å². The first kappa shape index (κ1) is 19.4. The largest absolute Gasteiger partial charge is 0.513 e. The Morgan fingerprint density at radius 3 is 1.67 bits per heavy atom. The standard InChI is InChI=1S/C25H27OP/c1-22(26)13-11-12-20-27(24-16-7-3-8-17-24,25-18-9-4-10-19-25)21-23-14-5-2-6-15-23/h2-10,14-19H,1,11-13,20-21H2/p+1. The molecule has 2 heteroatoms. The van der Waals surface area contributed by atoms with Crippen molar-refractivity contribution < 1.29 is 5.11 Å². The molecule has 0 amide bonds. The summed E-state index contributed by atoms with van der Waals surface area (Å²) < 4.78 is 0. The van der Waals surface area contributed by atoms with Crippen LogP contribution < -0.4 is 10.6 Å². The van der Waals surface area contributed by atoms with Crippen molar-refractivity contribution in [1.29, 1.82) is 0 Å². The van der Waals surface area contributed by atoms with Crippen LogP contribution in [0.4, 0.5) is 0 Å². The molecule has 0 spiro atoms. The maximum Gasteiger partial charge on any atom is 0.0995 e. The molecule has 0 aliphatic heterocycles. The topological polar surface area (TPSA) is 20.2 Å². The van der Waals surface area contributed by atoms with Crippen molar-refractivity contribution in [3.05, 3.63) is 109 Å². The van der Waals surface area contributed by atoms with E-state index >= 15 is 0 Å². The lowest BCUT2D eigenvalue weighted by Crippen LogP contribution is -2.26. The van der Waals surface area contributed by atoms with E-state index in [-0.39, 0.29) is 0 Å². The van der Waals surface area contributed by atoms with Crippen molar-refractivity contribution in [3.63, 3.8) is 0 Å². The first-order valence-corrected chi connectivity index (χ1v) is 11.8. The smallest absolute Gasteiger partial charge is 0.0995 e. The lowest BCUT2D eigenvalue weighted by molar-refractivity contribution is 0.386. The highest BCUT2D eigenvalue weighted by Crippen LogP contribution is 2.59. The van der Waals surface area contributed by atoms with Crippen LogP contribution in [0.2, 0.25) is 0 Å². The van der Waals surface area contributed by atoms with Gasteiger partial charge >= 0.3 is 0 Å². The van der Waals surface area contributed by atoms with Crippen LogP contribution in [0.5, 0.6) is 0 Å². The summed E-state index contributed by atoms with van der Waals surface area (Å²) in [5, 5.41) is 12.4. The fourth-order valence-electron chi connectivity index (χ4n) is 3.70. The fraction of sp³-hybridized carbons (Fsp3) is 0.200. The van der Waals surface area contributed by atoms with E-state index in [1.165, 1.54) is 16.2 Å². The maximum atomic E-state index is 9.47. The Kier molecular flexibility index (Phi) is 6.85. The molecule has 0 fully saturated rings. The zero-order valence-electron chi connectivity index (χ0n) is 15.8. The van der Waals surface area contributed by atoms with Crippen molar-refractivity contribution in [1.82, 2.24) is 0 Å². The lowest BCUT2D eigenvalue weighted by atomic mass is 10.2. The van der Waals surface area contributed by atoms with E-state index in [0.717, 1.165) is 25.2 Å². The number of hydrogen-bond acceptors (Lipinski definition) is 1. The minimum absolute atomic E-state index is 0.293. The Bertz CT molecular complexity index is 788. The van der Waals surface area contributed by atoms with E-state index < -0.39 is 7.26 Å². The van der Waals surface area contributed by atoms with E-state index in [2.05, 4.69) is 97.6 Å². The van der Waals surface area contributed by atoms with Crippen LogP contribution in [-0.2, 0) is 6.16 Å². The number of unbranched alkanes of at least 4 members (excludes halogenated alkanes) is 1. The molecule has 0 aliphatic rings. The van der Waals surface area contributed by atoms with Crippen LogP contribution in [0.15, 0.2) is 103 Å². The number of allylic oxidation sites excluding steroid dienone is 1. The number of aliphatic hydroxyl groups is 1. The van der Waals surface area contributed by atoms with Gasteiger partial charge in [0.25, 0.3) is 0 Å². The van der Waals surface area contributed by atoms with E-state index in [0.29, 0.717) is 12.2 Å². The lowest BCUT2D eigenvalue weighted by Gasteiger charge is -2.28. The molecule has 1 N–H and O–H groups in total. The molecule has 0 saturated carbocycles. The van der Waals surface area contributed by atoms with E-state index in [1.54, 1.807) is 0 Å². The van der Waals surface area contributed by atoms with Gasteiger partial charge in [-0.3, -0.25) is 0 Å². The van der Waals surface area contributed by atoms with Gasteiger partial charge < -0.3 is 5.11 Å². The number of aliphatic hydroxyl groups excluding tert-OH is 1. The van der Waals surface area contributed by atoms with Gasteiger partial charge in [-0.05, 0) is 42.7 Å². The van der Waals surface area contributed by atoms with Crippen LogP contribution in [-0.4, -0.2) is 11.3 Å². The van der Waals surface area contributed by atoms with Crippen LogP contribution in [0.25, 0.3) is 0 Å². The predicted octanol–water partition coefficient (Wildman–Crippen LogP) is 6.10. The summed E-state index contributed by atoms with van der Waals surface area (Å²) in [5.41, 5.74) is 1.39. The summed E-state index contributed by atoms with van der Waals surface area (Å²) >= 11 is 0. The van der Waals surface area contributed by atoms with Gasteiger partial charge in [-0.1, -0.05) is 73.3 Å². The zero-order chi connectivity index (χ0) is 19.0. The molecule has 0 atom stereocenters. The quantitative estimate of drug-likeness (QED) is 0.272. The SMILES string of the molecule is C=C(O)CCCC[P+](Cc1ccccc1)(c1ccccc1)c1ccccc1. The predicted molar refractivity (Wildman–Crippen MR) is 120 cm³/mol. The van der Waals surface area contributed by atoms with Gasteiger partial charge in [0.05, 0.1) is 36.0 Å². The highest BCUT2D eigenvalue weighted by atomic mass is 31.2. The molecule has 3 aromatic carbocycles. The molecule has 0 unspecified atom stereocenters. The Hall–Kier alpha value is -2.37. The number of benzene rings is 3. The van der Waals surface area contributed by atoms with Crippen molar-refractivity contribution in [2.75, 3.05) is 6.16 Å². The molecule has 0 heterocycles. The second-order valence-electron chi connectivity index (χ2n) is 7.03. The van der Waals surface area contributed by atoms with Crippen LogP contribution >= 0.6 is 7.26 Å². The molecule has 1 nitrogen and oxygen atoms in total. The highest BCUT2D eigenvalue weighted by molar-refractivity contribution is 7.88. The second kappa shape index (κ2) is 9.53. The molecule has 0 bridgehead atoms. The summed E-state index contributed by atoms with van der Waals surface area (Å²) in [6, 6.07) is 32.9. The third-order valence-corrected chi connectivity index (χ3v) is 9.61. The summed E-state index contributed by atoms with van der Waals surface area (Å²) in [6.07, 6.45) is 4.97. The first-order chi connectivity index (χ1) is 13.2. The van der Waals surface area contributed by atoms with E-state index in [1.807, 2.05) is 0 Å². The summed E-state index contributed by atoms with van der Waals surface area (Å²) in [5.74, 6) is 0.293. The van der Waals surface area contributed by atoms with Crippen molar-refractivity contribution >= 4 is 17.9 Å². The molecule has 0 saturated heterocycles. The highest BCUT2D eigenvalue weighted by Gasteiger charge is 2.42. The van der Waals surface area contributed by atoms with Crippen molar-refractivity contribution in [2.45, 2.75) is 25.4 Å². The molecule has 3 rings (SSSR count). The van der Waals surface area contributed by atoms with Gasteiger partial charge in [0.1, 0.15) is 0 Å². The normalized spacial score (nSPS) is 11.3. The van der Waals surface area contributed by atoms with Gasteiger partial charge in [-0.2, -0.15) is 0 Å². The van der Waals surface area contributed by atoms with Crippen LogP contribution in [0.1, 0.15) is 24.8 Å². The molecule has 0 radical (unpaired) electrons. The van der Waals surface area contributed by atoms with Crippen molar-refractivity contribution in [3.8, 4) is 0 Å². The number of hydrogen-bond donors (Lipinski definition) is 1. The fourth-order valence-corrected chi connectivity index (χ4v) is 8.12. The van der Waals surface area contributed by atoms with Crippen LogP contribution in [0.3, 0.4) is 0 Å². The third kappa shape index (κ3) is 5.08. The summed E-state index contributed by atoms with van der Waals surface area (Å²) in [6.45, 7) is 3.64. The van der Waals surface area contributed by atoms with Crippen molar-refractivity contribution in [2.24, 2.45) is 0 Å². The van der Waals surface area contributed by atoms with E-state index in [9.17, 15) is 5.11 Å². The first-order valence-electron chi connectivity index (χ1n) is 9.60. The molecular formula is C25H28OP+. The average molecular weight is 375 g/mol. The monoisotopic (exact) mass is 375 g/mol. The molecule has 138 valence electrons. The minimum Gasteiger partial charge on any atom is -0.513 e. The second-order valence-corrected chi connectivity index (χ2v) is 10.8. The summed E-state index contributed by atoms with van der Waals surface area (Å²) in [7, 11) is -1.59. The van der Waals surface area contributed by atoms with Gasteiger partial charge in [0, 0.05) is 6.42 Å². The Labute approximate surface area is 163 Å². The average Bonchev–Trinajstić information content (AvgIpc) is 2.72. The zero-order valence-corrected chi connectivity index (χ0v) is 16.7. The van der Waals surface area contributed by atoms with Gasteiger partial charge in [-0.15, -0.1) is 0 Å². The Balaban J connectivity index is 2.02. The summed E-state index contributed by atoms with van der Waals surface area (Å²) in [4.78, 5) is 0. The minimum atomic E-state index is -1.59. The molecule has 3 aromatic rings. The molecule has 27 heavy (non-hydrogen) atoms. The molecule has 0 aromatic heterocycles. The Morgan fingerprint density at radius 1 is 0.704 bits per heavy atom. The van der Waals surface area contributed by atoms with Gasteiger partial charge in [0.2, 0.25) is 0 Å². The molecule has 0 aliphatic carbocycles. The molecular weight excluding hydrogens is 347 g/mol. The van der Waals surface area contributed by atoms with Gasteiger partial charge in [-0.25, -0.2) is 0 Å². The third-order valence-electron chi connectivity index (χ3n) is 5.05. The van der Waals surface area contributed by atoms with Gasteiger partial charge in [0.15, 0.2) is 0 Å².